The summed E-state index contributed by atoms with van der Waals surface area (Å²) in [7, 11) is 0. The van der Waals surface area contributed by atoms with E-state index < -0.39 is 35.2 Å². The topological polar surface area (TPSA) is 105 Å². The zero-order valence-corrected chi connectivity index (χ0v) is 11.9. The lowest BCUT2D eigenvalue weighted by Crippen LogP contribution is -2.50. The Balaban J connectivity index is 4.88. The molecule has 0 bridgehead atoms. The Bertz CT molecular complexity index is 285. The maximum atomic E-state index is 11.8. The molecule has 0 aliphatic rings. The largest absolute Gasteiger partial charge is 0.459 e. The highest BCUT2D eigenvalue weighted by Gasteiger charge is 2.37. The summed E-state index contributed by atoms with van der Waals surface area (Å²) in [5.41, 5.74) is 9.47. The number of carbonyl (C=O) groups is 2. The first-order valence-electron chi connectivity index (χ1n) is 5.80. The molecule has 0 aliphatic carbocycles. The molecule has 0 fully saturated rings. The van der Waals surface area contributed by atoms with E-state index in [2.05, 4.69) is 0 Å². The number of nitrogens with two attached hydrogens (primary N) is 2. The van der Waals surface area contributed by atoms with E-state index in [1.54, 1.807) is 41.5 Å². The van der Waals surface area contributed by atoms with Gasteiger partial charge in [-0.05, 0) is 41.5 Å². The molecule has 0 saturated heterocycles. The van der Waals surface area contributed by atoms with Gasteiger partial charge < -0.3 is 20.9 Å². The Labute approximate surface area is 108 Å². The van der Waals surface area contributed by atoms with Gasteiger partial charge in [0.05, 0.1) is 6.17 Å². The molecule has 0 amide bonds. The van der Waals surface area contributed by atoms with Gasteiger partial charge in [-0.15, -0.1) is 0 Å². The van der Waals surface area contributed by atoms with Crippen molar-refractivity contribution in [3.8, 4) is 0 Å². The average Bonchev–Trinajstić information content (AvgIpc) is 1.93. The smallest absolute Gasteiger partial charge is 0.323 e. The monoisotopic (exact) mass is 260 g/mol. The molecule has 0 rings (SSSR count). The van der Waals surface area contributed by atoms with Gasteiger partial charge in [0, 0.05) is 0 Å². The second kappa shape index (κ2) is 5.67. The van der Waals surface area contributed by atoms with E-state index in [4.69, 9.17) is 20.9 Å². The number of esters is 2. The SMILES string of the molecule is CC(C)(C)OC(=O)C(C(=O)OC(C)(C)C)C(N)N. The van der Waals surface area contributed by atoms with E-state index in [1.165, 1.54) is 0 Å². The van der Waals surface area contributed by atoms with Gasteiger partial charge in [-0.2, -0.15) is 0 Å². The first kappa shape index (κ1) is 16.9. The quantitative estimate of drug-likeness (QED) is 0.435. The van der Waals surface area contributed by atoms with Crippen LogP contribution >= 0.6 is 0 Å². The summed E-state index contributed by atoms with van der Waals surface area (Å²) in [6.45, 7) is 10.2. The van der Waals surface area contributed by atoms with Crippen LogP contribution in [0.3, 0.4) is 0 Å². The summed E-state index contributed by atoms with van der Waals surface area (Å²) in [4.78, 5) is 23.7. The summed E-state index contributed by atoms with van der Waals surface area (Å²) in [5.74, 6) is -2.86. The second-order valence-electron chi connectivity index (χ2n) is 6.12. The molecule has 0 spiro atoms. The van der Waals surface area contributed by atoms with Gasteiger partial charge in [0.25, 0.3) is 0 Å². The van der Waals surface area contributed by atoms with Crippen LogP contribution in [0.5, 0.6) is 0 Å². The molecule has 0 saturated carbocycles. The van der Waals surface area contributed by atoms with Gasteiger partial charge >= 0.3 is 11.9 Å². The highest BCUT2D eigenvalue weighted by atomic mass is 16.6. The van der Waals surface area contributed by atoms with Crippen molar-refractivity contribution in [2.75, 3.05) is 0 Å². The van der Waals surface area contributed by atoms with Crippen molar-refractivity contribution in [2.24, 2.45) is 17.4 Å². The van der Waals surface area contributed by atoms with E-state index >= 15 is 0 Å². The van der Waals surface area contributed by atoms with Gasteiger partial charge in [-0.3, -0.25) is 9.59 Å². The summed E-state index contributed by atoms with van der Waals surface area (Å²) < 4.78 is 10.2. The Morgan fingerprint density at radius 1 is 0.833 bits per heavy atom. The molecule has 0 aliphatic heterocycles. The van der Waals surface area contributed by atoms with Gasteiger partial charge in [-0.25, -0.2) is 0 Å². The molecule has 4 N–H and O–H groups in total. The molecule has 0 unspecified atom stereocenters. The van der Waals surface area contributed by atoms with Crippen LogP contribution in [-0.2, 0) is 19.1 Å². The number of hydrogen-bond donors (Lipinski definition) is 2. The van der Waals surface area contributed by atoms with Crippen LogP contribution < -0.4 is 11.5 Å². The summed E-state index contributed by atoms with van der Waals surface area (Å²) >= 11 is 0. The van der Waals surface area contributed by atoms with Crippen molar-refractivity contribution < 1.29 is 19.1 Å². The molecule has 0 aromatic carbocycles. The van der Waals surface area contributed by atoms with Crippen molar-refractivity contribution in [2.45, 2.75) is 58.9 Å². The van der Waals surface area contributed by atoms with E-state index in [9.17, 15) is 9.59 Å². The third-order valence-electron chi connectivity index (χ3n) is 1.71. The van der Waals surface area contributed by atoms with E-state index in [0.29, 0.717) is 0 Å². The van der Waals surface area contributed by atoms with Crippen LogP contribution in [0.2, 0.25) is 0 Å². The minimum Gasteiger partial charge on any atom is -0.459 e. The van der Waals surface area contributed by atoms with Crippen LogP contribution in [0.15, 0.2) is 0 Å². The Kier molecular flexibility index (Phi) is 5.31. The lowest BCUT2D eigenvalue weighted by Gasteiger charge is -2.27. The van der Waals surface area contributed by atoms with Crippen LogP contribution in [0, 0.1) is 5.92 Å². The normalized spacial score (nSPS) is 12.8. The van der Waals surface area contributed by atoms with Crippen LogP contribution in [0.25, 0.3) is 0 Å². The highest BCUT2D eigenvalue weighted by molar-refractivity contribution is 5.96. The third kappa shape index (κ3) is 6.56. The van der Waals surface area contributed by atoms with E-state index in [0.717, 1.165) is 0 Å². The van der Waals surface area contributed by atoms with Crippen LogP contribution in [-0.4, -0.2) is 29.3 Å². The standard InChI is InChI=1S/C12H24N2O4/c1-11(2,3)17-9(15)7(8(13)14)10(16)18-12(4,5)6/h7-8H,13-14H2,1-6H3. The number of rotatable bonds is 3. The molecule has 18 heavy (non-hydrogen) atoms. The Hall–Kier alpha value is -1.14. The number of ether oxygens (including phenoxy) is 2. The van der Waals surface area contributed by atoms with Gasteiger partial charge in [0.2, 0.25) is 0 Å². The highest BCUT2D eigenvalue weighted by Crippen LogP contribution is 2.16. The fourth-order valence-corrected chi connectivity index (χ4v) is 1.14. The molecule has 0 aromatic heterocycles. The lowest BCUT2D eigenvalue weighted by molar-refractivity contribution is -0.175. The van der Waals surface area contributed by atoms with Crippen molar-refractivity contribution >= 4 is 11.9 Å². The van der Waals surface area contributed by atoms with Crippen LogP contribution in [0.1, 0.15) is 41.5 Å². The Morgan fingerprint density at radius 3 is 1.28 bits per heavy atom. The molecule has 0 radical (unpaired) electrons. The van der Waals surface area contributed by atoms with Crippen LogP contribution in [0.4, 0.5) is 0 Å². The predicted octanol–water partition coefficient (Wildman–Crippen LogP) is 0.530. The molecule has 106 valence electrons. The molecule has 6 nitrogen and oxygen atoms in total. The number of hydrogen-bond acceptors (Lipinski definition) is 6. The minimum atomic E-state index is -1.32. The first-order chi connectivity index (χ1) is 7.83. The summed E-state index contributed by atoms with van der Waals surface area (Å²) in [5, 5.41) is 0. The maximum absolute atomic E-state index is 11.8. The van der Waals surface area contributed by atoms with Gasteiger partial charge in [0.15, 0.2) is 5.92 Å². The zero-order valence-electron chi connectivity index (χ0n) is 11.9. The zero-order chi connectivity index (χ0) is 14.7. The molecule has 0 atom stereocenters. The average molecular weight is 260 g/mol. The fourth-order valence-electron chi connectivity index (χ4n) is 1.14. The first-order valence-corrected chi connectivity index (χ1v) is 5.80. The summed E-state index contributed by atoms with van der Waals surface area (Å²) in [6, 6.07) is 0. The number of carbonyl (C=O) groups excluding carboxylic acids is 2. The van der Waals surface area contributed by atoms with E-state index in [-0.39, 0.29) is 0 Å². The Morgan fingerprint density at radius 2 is 1.11 bits per heavy atom. The summed E-state index contributed by atoms with van der Waals surface area (Å²) in [6.07, 6.45) is -1.16. The van der Waals surface area contributed by atoms with Gasteiger partial charge in [-0.1, -0.05) is 0 Å². The van der Waals surface area contributed by atoms with Crippen molar-refractivity contribution in [3.63, 3.8) is 0 Å². The maximum Gasteiger partial charge on any atom is 0.323 e. The van der Waals surface area contributed by atoms with E-state index in [1.807, 2.05) is 0 Å². The molecule has 0 heterocycles. The minimum absolute atomic E-state index is 0.716. The predicted molar refractivity (Wildman–Crippen MR) is 67.3 cm³/mol. The molecule has 6 heteroatoms. The fraction of sp³-hybridized carbons (Fsp3) is 0.833. The molecular weight excluding hydrogens is 236 g/mol. The van der Waals surface area contributed by atoms with Crippen molar-refractivity contribution in [3.05, 3.63) is 0 Å². The van der Waals surface area contributed by atoms with Crippen molar-refractivity contribution in [1.82, 2.24) is 0 Å². The van der Waals surface area contributed by atoms with Gasteiger partial charge in [0.1, 0.15) is 11.2 Å². The molecule has 0 aromatic rings. The second-order valence-corrected chi connectivity index (χ2v) is 6.12. The van der Waals surface area contributed by atoms with Crippen molar-refractivity contribution in [1.29, 1.82) is 0 Å². The third-order valence-corrected chi connectivity index (χ3v) is 1.71. The molecular formula is C12H24N2O4. The lowest BCUT2D eigenvalue weighted by atomic mass is 10.1.